The molecule has 0 radical (unpaired) electrons. The average Bonchev–Trinajstić information content (AvgIpc) is 3.30. The van der Waals surface area contributed by atoms with E-state index in [9.17, 15) is 4.79 Å². The van der Waals surface area contributed by atoms with Gasteiger partial charge in [-0.25, -0.2) is 4.79 Å². The van der Waals surface area contributed by atoms with Gasteiger partial charge < -0.3 is 14.2 Å². The van der Waals surface area contributed by atoms with E-state index in [-0.39, 0.29) is 0 Å². The number of methoxy groups -OCH3 is 1. The summed E-state index contributed by atoms with van der Waals surface area (Å²) < 4.78 is 17.2. The van der Waals surface area contributed by atoms with Gasteiger partial charge in [0.2, 0.25) is 0 Å². The third kappa shape index (κ3) is 3.02. The van der Waals surface area contributed by atoms with Gasteiger partial charge in [-0.3, -0.25) is 0 Å². The molecule has 4 aromatic rings. The van der Waals surface area contributed by atoms with E-state index in [1.807, 2.05) is 30.3 Å². The maximum atomic E-state index is 12.8. The molecule has 0 unspecified atom stereocenters. The molecule has 4 aromatic carbocycles. The number of fused-ring (bicyclic) bond motifs is 5. The number of esters is 1. The van der Waals surface area contributed by atoms with Gasteiger partial charge >= 0.3 is 5.97 Å². The summed E-state index contributed by atoms with van der Waals surface area (Å²) in [5.74, 6) is 1.66. The highest BCUT2D eigenvalue weighted by Crippen LogP contribution is 2.44. The highest BCUT2D eigenvalue weighted by atomic mass is 16.6. The highest BCUT2D eigenvalue weighted by molar-refractivity contribution is 5.99. The second-order valence-electron chi connectivity index (χ2n) is 8.30. The number of carbonyl (C=O) groups is 1. The van der Waals surface area contributed by atoms with Gasteiger partial charge in [-0.1, -0.05) is 24.3 Å². The summed E-state index contributed by atoms with van der Waals surface area (Å²) in [6.07, 6.45) is 2.86. The fraction of sp³-hybridized carbons (Fsp3) is 0.179. The van der Waals surface area contributed by atoms with E-state index in [4.69, 9.17) is 14.2 Å². The fourth-order valence-corrected chi connectivity index (χ4v) is 4.81. The van der Waals surface area contributed by atoms with Crippen molar-refractivity contribution >= 4 is 16.7 Å². The molecule has 0 N–H and O–H groups in total. The van der Waals surface area contributed by atoms with Crippen molar-refractivity contribution < 1.29 is 19.0 Å². The quantitative estimate of drug-likeness (QED) is 0.311. The molecule has 6 rings (SSSR count). The van der Waals surface area contributed by atoms with Crippen LogP contribution in [0.1, 0.15) is 27.0 Å². The molecule has 0 aromatic heterocycles. The van der Waals surface area contributed by atoms with Crippen molar-refractivity contribution in [3.05, 3.63) is 89.0 Å². The smallest absolute Gasteiger partial charge is 0.343 e. The van der Waals surface area contributed by atoms with Crippen molar-refractivity contribution in [2.45, 2.75) is 19.3 Å². The lowest BCUT2D eigenvalue weighted by Crippen LogP contribution is -2.10. The molecule has 158 valence electrons. The first kappa shape index (κ1) is 18.9. The summed E-state index contributed by atoms with van der Waals surface area (Å²) in [6, 6.07) is 21.8. The van der Waals surface area contributed by atoms with E-state index >= 15 is 0 Å². The number of carbonyl (C=O) groups excluding carboxylic acids is 1. The van der Waals surface area contributed by atoms with Crippen molar-refractivity contribution in [2.24, 2.45) is 0 Å². The lowest BCUT2D eigenvalue weighted by Gasteiger charge is -2.22. The second kappa shape index (κ2) is 7.41. The summed E-state index contributed by atoms with van der Waals surface area (Å²) in [4.78, 5) is 12.8. The molecule has 1 heterocycles. The van der Waals surface area contributed by atoms with Crippen LogP contribution < -0.4 is 14.2 Å². The predicted octanol–water partition coefficient (Wildman–Crippen LogP) is 5.77. The number of hydrogen-bond donors (Lipinski definition) is 0. The van der Waals surface area contributed by atoms with Crippen LogP contribution in [0.3, 0.4) is 0 Å². The van der Waals surface area contributed by atoms with Crippen molar-refractivity contribution in [3.63, 3.8) is 0 Å². The van der Waals surface area contributed by atoms with Crippen molar-refractivity contribution in [1.29, 1.82) is 0 Å². The second-order valence-corrected chi connectivity index (χ2v) is 8.30. The van der Waals surface area contributed by atoms with Gasteiger partial charge in [0, 0.05) is 11.8 Å². The minimum Gasteiger partial charge on any atom is -0.493 e. The molecule has 0 spiro atoms. The zero-order valence-corrected chi connectivity index (χ0v) is 17.8. The van der Waals surface area contributed by atoms with E-state index in [0.29, 0.717) is 17.1 Å². The van der Waals surface area contributed by atoms with Gasteiger partial charge in [-0.2, -0.15) is 0 Å². The molecule has 0 amide bonds. The minimum atomic E-state index is -0.393. The number of ether oxygens (including phenoxy) is 3. The molecule has 32 heavy (non-hydrogen) atoms. The van der Waals surface area contributed by atoms with Crippen LogP contribution in [-0.4, -0.2) is 19.7 Å². The van der Waals surface area contributed by atoms with Crippen LogP contribution >= 0.6 is 0 Å². The molecule has 4 nitrogen and oxygen atoms in total. The Bertz CT molecular complexity index is 1370. The van der Waals surface area contributed by atoms with Gasteiger partial charge in [0.05, 0.1) is 19.3 Å². The van der Waals surface area contributed by atoms with Crippen LogP contribution in [0.5, 0.6) is 17.2 Å². The maximum Gasteiger partial charge on any atom is 0.343 e. The third-order valence-electron chi connectivity index (χ3n) is 6.45. The summed E-state index contributed by atoms with van der Waals surface area (Å²) in [5, 5.41) is 1.91. The lowest BCUT2D eigenvalue weighted by atomic mass is 9.83. The van der Waals surface area contributed by atoms with Gasteiger partial charge in [0.1, 0.15) is 5.75 Å². The SMILES string of the molecule is COc1ccc2cc3c(cc2c1OC(=O)c1ccccc1)CCc1cc2c(cc1-3)CCO2. The Morgan fingerprint density at radius 1 is 0.844 bits per heavy atom. The number of rotatable bonds is 3. The van der Waals surface area contributed by atoms with Gasteiger partial charge in [0.25, 0.3) is 0 Å². The van der Waals surface area contributed by atoms with Crippen LogP contribution in [0, 0.1) is 0 Å². The Kier molecular flexibility index (Phi) is 4.39. The first-order valence-electron chi connectivity index (χ1n) is 10.9. The Morgan fingerprint density at radius 3 is 2.44 bits per heavy atom. The van der Waals surface area contributed by atoms with E-state index < -0.39 is 5.97 Å². The molecule has 2 aliphatic rings. The number of hydrogen-bond acceptors (Lipinski definition) is 4. The predicted molar refractivity (Wildman–Crippen MR) is 124 cm³/mol. The minimum absolute atomic E-state index is 0.393. The number of benzene rings is 4. The summed E-state index contributed by atoms with van der Waals surface area (Å²) >= 11 is 0. The lowest BCUT2D eigenvalue weighted by molar-refractivity contribution is 0.0732. The molecule has 0 saturated heterocycles. The zero-order valence-electron chi connectivity index (χ0n) is 17.8. The first-order chi connectivity index (χ1) is 15.7. The zero-order chi connectivity index (χ0) is 21.7. The normalized spacial score (nSPS) is 13.7. The van der Waals surface area contributed by atoms with E-state index in [0.717, 1.165) is 42.4 Å². The standard InChI is InChI=1S/C28H22O4/c1-30-25-10-9-19-13-22-18(7-8-20-16-26-21(11-12-31-26)15-23(20)22)14-24(19)27(25)32-28(29)17-5-3-2-4-6-17/h2-6,9-10,13-16H,7-8,11-12H2,1H3. The topological polar surface area (TPSA) is 44.8 Å². The van der Waals surface area contributed by atoms with Crippen molar-refractivity contribution in [3.8, 4) is 28.4 Å². The summed E-state index contributed by atoms with van der Waals surface area (Å²) in [7, 11) is 1.60. The Hall–Kier alpha value is -3.79. The Balaban J connectivity index is 1.48. The first-order valence-corrected chi connectivity index (χ1v) is 10.9. The van der Waals surface area contributed by atoms with Gasteiger partial charge in [-0.15, -0.1) is 0 Å². The molecular weight excluding hydrogens is 400 g/mol. The largest absolute Gasteiger partial charge is 0.493 e. The van der Waals surface area contributed by atoms with Crippen LogP contribution in [0.2, 0.25) is 0 Å². The molecule has 0 fully saturated rings. The number of aryl methyl sites for hydroxylation is 2. The highest BCUT2D eigenvalue weighted by Gasteiger charge is 2.24. The van der Waals surface area contributed by atoms with Gasteiger partial charge in [0.15, 0.2) is 11.5 Å². The van der Waals surface area contributed by atoms with E-state index in [1.54, 1.807) is 19.2 Å². The van der Waals surface area contributed by atoms with Crippen molar-refractivity contribution in [1.82, 2.24) is 0 Å². The monoisotopic (exact) mass is 422 g/mol. The maximum absolute atomic E-state index is 12.8. The van der Waals surface area contributed by atoms with Crippen LogP contribution in [-0.2, 0) is 19.3 Å². The van der Waals surface area contributed by atoms with Crippen LogP contribution in [0.4, 0.5) is 0 Å². The summed E-state index contributed by atoms with van der Waals surface area (Å²) in [5.41, 5.74) is 6.92. The molecule has 0 bridgehead atoms. The molecule has 1 aliphatic heterocycles. The van der Waals surface area contributed by atoms with E-state index in [1.165, 1.54) is 27.8 Å². The molecule has 4 heteroatoms. The average molecular weight is 422 g/mol. The van der Waals surface area contributed by atoms with E-state index in [2.05, 4.69) is 24.3 Å². The molecular formula is C28H22O4. The van der Waals surface area contributed by atoms with Crippen LogP contribution in [0.15, 0.2) is 66.7 Å². The van der Waals surface area contributed by atoms with Crippen molar-refractivity contribution in [2.75, 3.05) is 13.7 Å². The summed E-state index contributed by atoms with van der Waals surface area (Å²) in [6.45, 7) is 0.763. The Morgan fingerprint density at radius 2 is 1.62 bits per heavy atom. The molecule has 0 atom stereocenters. The third-order valence-corrected chi connectivity index (χ3v) is 6.45. The molecule has 1 aliphatic carbocycles. The van der Waals surface area contributed by atoms with Gasteiger partial charge in [-0.05, 0) is 88.5 Å². The Labute approximate surface area is 186 Å². The fourth-order valence-electron chi connectivity index (χ4n) is 4.81. The molecule has 0 saturated carbocycles. The van der Waals surface area contributed by atoms with Crippen LogP contribution in [0.25, 0.3) is 21.9 Å².